The fourth-order valence-electron chi connectivity index (χ4n) is 2.37. The lowest BCUT2D eigenvalue weighted by molar-refractivity contribution is 0.0600. The summed E-state index contributed by atoms with van der Waals surface area (Å²) in [6, 6.07) is 16.4. The topological polar surface area (TPSA) is 77.2 Å². The summed E-state index contributed by atoms with van der Waals surface area (Å²) >= 11 is 0. The molecule has 3 rings (SSSR count). The van der Waals surface area contributed by atoms with Crippen molar-refractivity contribution in [3.8, 4) is 16.9 Å². The molecule has 1 heterocycles. The molecule has 0 saturated heterocycles. The van der Waals surface area contributed by atoms with Gasteiger partial charge in [-0.3, -0.25) is 0 Å². The van der Waals surface area contributed by atoms with E-state index in [0.717, 1.165) is 5.56 Å². The van der Waals surface area contributed by atoms with E-state index in [-0.39, 0.29) is 6.61 Å². The van der Waals surface area contributed by atoms with Gasteiger partial charge < -0.3 is 9.84 Å². The summed E-state index contributed by atoms with van der Waals surface area (Å²) < 4.78 is 6.35. The van der Waals surface area contributed by atoms with Gasteiger partial charge in [-0.15, -0.1) is 5.10 Å². The van der Waals surface area contributed by atoms with Crippen LogP contribution in [0.1, 0.15) is 16.1 Å². The lowest BCUT2D eigenvalue weighted by Crippen LogP contribution is -2.05. The van der Waals surface area contributed by atoms with Crippen molar-refractivity contribution >= 4 is 5.97 Å². The van der Waals surface area contributed by atoms with Gasteiger partial charge in [-0.2, -0.15) is 0 Å². The third kappa shape index (κ3) is 2.84. The highest BCUT2D eigenvalue weighted by Gasteiger charge is 2.16. The first kappa shape index (κ1) is 14.9. The van der Waals surface area contributed by atoms with Crippen LogP contribution in [-0.4, -0.2) is 33.2 Å². The van der Waals surface area contributed by atoms with Crippen molar-refractivity contribution in [3.05, 3.63) is 65.9 Å². The highest BCUT2D eigenvalue weighted by atomic mass is 16.5. The molecule has 0 radical (unpaired) electrons. The normalized spacial score (nSPS) is 10.5. The Hall–Kier alpha value is -2.99. The van der Waals surface area contributed by atoms with Crippen LogP contribution in [0.4, 0.5) is 0 Å². The van der Waals surface area contributed by atoms with Crippen molar-refractivity contribution in [2.45, 2.75) is 6.61 Å². The van der Waals surface area contributed by atoms with Gasteiger partial charge in [-0.1, -0.05) is 41.6 Å². The number of hydrogen-bond acceptors (Lipinski definition) is 5. The van der Waals surface area contributed by atoms with Crippen LogP contribution in [0.5, 0.6) is 0 Å². The highest BCUT2D eigenvalue weighted by Crippen LogP contribution is 2.25. The predicted octanol–water partition coefficient (Wildman–Crippen LogP) is 2.21. The van der Waals surface area contributed by atoms with Crippen molar-refractivity contribution in [1.82, 2.24) is 15.0 Å². The van der Waals surface area contributed by atoms with Crippen LogP contribution in [0.3, 0.4) is 0 Å². The lowest BCUT2D eigenvalue weighted by Gasteiger charge is -2.09. The standard InChI is InChI=1S/C17H15N3O3/c1-23-17(22)13-8-5-9-14(10-13)20-16(15(11-21)18-19-20)12-6-3-2-4-7-12/h2-10,21H,11H2,1H3. The number of ether oxygens (including phenoxy) is 1. The monoisotopic (exact) mass is 309 g/mol. The minimum absolute atomic E-state index is 0.221. The molecule has 1 aromatic heterocycles. The molecule has 1 N–H and O–H groups in total. The summed E-state index contributed by atoms with van der Waals surface area (Å²) in [5.74, 6) is -0.421. The van der Waals surface area contributed by atoms with Gasteiger partial charge in [0.1, 0.15) is 11.4 Å². The summed E-state index contributed by atoms with van der Waals surface area (Å²) in [6.07, 6.45) is 0. The Balaban J connectivity index is 2.15. The molecule has 0 amide bonds. The molecule has 0 atom stereocenters. The van der Waals surface area contributed by atoms with E-state index in [2.05, 4.69) is 10.3 Å². The summed E-state index contributed by atoms with van der Waals surface area (Å²) in [7, 11) is 1.34. The Kier molecular flexibility index (Phi) is 4.16. The number of carbonyl (C=O) groups is 1. The van der Waals surface area contributed by atoms with Gasteiger partial charge in [-0.05, 0) is 18.2 Å². The maximum Gasteiger partial charge on any atom is 0.337 e. The second kappa shape index (κ2) is 6.41. The number of benzene rings is 2. The summed E-state index contributed by atoms with van der Waals surface area (Å²) in [6.45, 7) is -0.221. The summed E-state index contributed by atoms with van der Waals surface area (Å²) in [5.41, 5.74) is 3.13. The Labute approximate surface area is 133 Å². The third-order valence-corrected chi connectivity index (χ3v) is 3.45. The van der Waals surface area contributed by atoms with Crippen LogP contribution in [0.15, 0.2) is 54.6 Å². The molecule has 3 aromatic rings. The second-order valence-corrected chi connectivity index (χ2v) is 4.86. The zero-order chi connectivity index (χ0) is 16.2. The first-order chi connectivity index (χ1) is 11.2. The van der Waals surface area contributed by atoms with E-state index in [4.69, 9.17) is 4.74 Å². The number of aliphatic hydroxyl groups is 1. The van der Waals surface area contributed by atoms with Crippen molar-refractivity contribution in [2.75, 3.05) is 7.11 Å². The molecular weight excluding hydrogens is 294 g/mol. The van der Waals surface area contributed by atoms with E-state index in [1.165, 1.54) is 7.11 Å². The van der Waals surface area contributed by atoms with E-state index >= 15 is 0 Å². The molecule has 0 aliphatic rings. The first-order valence-corrected chi connectivity index (χ1v) is 7.04. The van der Waals surface area contributed by atoms with Crippen LogP contribution < -0.4 is 0 Å². The molecule has 0 aliphatic carbocycles. The van der Waals surface area contributed by atoms with E-state index in [1.807, 2.05) is 36.4 Å². The average Bonchev–Trinajstić information content (AvgIpc) is 3.06. The smallest absolute Gasteiger partial charge is 0.337 e. The molecule has 0 saturated carbocycles. The molecule has 116 valence electrons. The molecular formula is C17H15N3O3. The summed E-state index contributed by atoms with van der Waals surface area (Å²) in [5, 5.41) is 17.7. The number of nitrogens with zero attached hydrogens (tertiary/aromatic N) is 3. The minimum atomic E-state index is -0.421. The van der Waals surface area contributed by atoms with E-state index in [9.17, 15) is 9.90 Å². The van der Waals surface area contributed by atoms with Crippen molar-refractivity contribution < 1.29 is 14.6 Å². The maximum absolute atomic E-state index is 11.7. The van der Waals surface area contributed by atoms with Gasteiger partial charge >= 0.3 is 5.97 Å². The van der Waals surface area contributed by atoms with Crippen LogP contribution in [0, 0.1) is 0 Å². The lowest BCUT2D eigenvalue weighted by atomic mass is 10.1. The number of methoxy groups -OCH3 is 1. The summed E-state index contributed by atoms with van der Waals surface area (Å²) in [4.78, 5) is 11.7. The Bertz CT molecular complexity index is 828. The zero-order valence-electron chi connectivity index (χ0n) is 12.5. The number of carbonyl (C=O) groups excluding carboxylic acids is 1. The molecule has 6 heteroatoms. The molecule has 0 fully saturated rings. The van der Waals surface area contributed by atoms with Crippen molar-refractivity contribution in [1.29, 1.82) is 0 Å². The number of aromatic nitrogens is 3. The van der Waals surface area contributed by atoms with Crippen LogP contribution in [0.2, 0.25) is 0 Å². The Morgan fingerprint density at radius 2 is 1.96 bits per heavy atom. The van der Waals surface area contributed by atoms with E-state index in [1.54, 1.807) is 22.9 Å². The van der Waals surface area contributed by atoms with E-state index in [0.29, 0.717) is 22.6 Å². The second-order valence-electron chi connectivity index (χ2n) is 4.86. The highest BCUT2D eigenvalue weighted by molar-refractivity contribution is 5.90. The molecule has 23 heavy (non-hydrogen) atoms. The number of aliphatic hydroxyl groups excluding tert-OH is 1. The molecule has 0 spiro atoms. The van der Waals surface area contributed by atoms with Crippen molar-refractivity contribution in [2.24, 2.45) is 0 Å². The third-order valence-electron chi connectivity index (χ3n) is 3.45. The van der Waals surface area contributed by atoms with Crippen LogP contribution in [0.25, 0.3) is 16.9 Å². The van der Waals surface area contributed by atoms with Gasteiger partial charge in [0.05, 0.1) is 25.0 Å². The van der Waals surface area contributed by atoms with Crippen molar-refractivity contribution in [3.63, 3.8) is 0 Å². The van der Waals surface area contributed by atoms with Crippen LogP contribution in [-0.2, 0) is 11.3 Å². The van der Waals surface area contributed by atoms with Crippen LogP contribution >= 0.6 is 0 Å². The van der Waals surface area contributed by atoms with Gasteiger partial charge in [0, 0.05) is 5.56 Å². The Morgan fingerprint density at radius 3 is 2.65 bits per heavy atom. The first-order valence-electron chi connectivity index (χ1n) is 7.04. The largest absolute Gasteiger partial charge is 0.465 e. The van der Waals surface area contributed by atoms with Gasteiger partial charge in [0.15, 0.2) is 0 Å². The average molecular weight is 309 g/mol. The maximum atomic E-state index is 11.7. The number of rotatable bonds is 4. The van der Waals surface area contributed by atoms with Gasteiger partial charge in [0.2, 0.25) is 0 Å². The molecule has 6 nitrogen and oxygen atoms in total. The minimum Gasteiger partial charge on any atom is -0.465 e. The molecule has 0 aliphatic heterocycles. The molecule has 0 unspecified atom stereocenters. The number of esters is 1. The Morgan fingerprint density at radius 1 is 1.17 bits per heavy atom. The van der Waals surface area contributed by atoms with Gasteiger partial charge in [0.25, 0.3) is 0 Å². The van der Waals surface area contributed by atoms with E-state index < -0.39 is 5.97 Å². The molecule has 0 bridgehead atoms. The number of hydrogen-bond donors (Lipinski definition) is 1. The quantitative estimate of drug-likeness (QED) is 0.748. The SMILES string of the molecule is COC(=O)c1cccc(-n2nnc(CO)c2-c2ccccc2)c1. The fourth-order valence-corrected chi connectivity index (χ4v) is 2.37. The predicted molar refractivity (Wildman–Crippen MR) is 84.1 cm³/mol. The zero-order valence-corrected chi connectivity index (χ0v) is 12.5. The molecule has 2 aromatic carbocycles. The fraction of sp³-hybridized carbons (Fsp3) is 0.118. The van der Waals surface area contributed by atoms with Gasteiger partial charge in [-0.25, -0.2) is 9.48 Å².